The monoisotopic (exact) mass is 420 g/mol. The molecule has 1 atom stereocenters. The summed E-state index contributed by atoms with van der Waals surface area (Å²) in [5, 5.41) is 6.35. The lowest BCUT2D eigenvalue weighted by Gasteiger charge is -2.34. The van der Waals surface area contributed by atoms with Crippen LogP contribution in [0.15, 0.2) is 66.0 Å². The van der Waals surface area contributed by atoms with Crippen molar-refractivity contribution in [2.24, 2.45) is 0 Å². The van der Waals surface area contributed by atoms with Crippen molar-refractivity contribution in [1.29, 1.82) is 0 Å². The van der Waals surface area contributed by atoms with E-state index in [4.69, 9.17) is 4.98 Å². The van der Waals surface area contributed by atoms with E-state index in [2.05, 4.69) is 32.6 Å². The molecule has 1 saturated heterocycles. The lowest BCUT2D eigenvalue weighted by Crippen LogP contribution is -2.49. The summed E-state index contributed by atoms with van der Waals surface area (Å²) in [4.78, 5) is 21.9. The van der Waals surface area contributed by atoms with Crippen LogP contribution >= 0.6 is 11.3 Å². The zero-order chi connectivity index (χ0) is 20.8. The van der Waals surface area contributed by atoms with Crippen molar-refractivity contribution in [3.8, 4) is 10.6 Å². The molecule has 1 amide bonds. The number of thiazole rings is 1. The molecule has 0 aliphatic carbocycles. The van der Waals surface area contributed by atoms with E-state index in [9.17, 15) is 4.79 Å². The molecule has 1 aromatic heterocycles. The average molecular weight is 421 g/mol. The number of benzene rings is 2. The minimum absolute atomic E-state index is 0.0310. The zero-order valence-electron chi connectivity index (χ0n) is 17.3. The second-order valence-electron chi connectivity index (χ2n) is 7.76. The highest BCUT2D eigenvalue weighted by Gasteiger charge is 2.20. The van der Waals surface area contributed by atoms with Crippen LogP contribution in [0.5, 0.6) is 0 Å². The molecular formula is C24H28N4OS. The lowest BCUT2D eigenvalue weighted by molar-refractivity contribution is -0.123. The van der Waals surface area contributed by atoms with Crippen molar-refractivity contribution >= 4 is 17.2 Å². The SMILES string of the molecule is CC(NC(=O)CN1CCN(Cc2csc(-c3ccccc3)n2)CC1)c1ccccc1. The Kier molecular flexibility index (Phi) is 6.89. The van der Waals surface area contributed by atoms with E-state index < -0.39 is 0 Å². The molecule has 30 heavy (non-hydrogen) atoms. The normalized spacial score (nSPS) is 16.3. The van der Waals surface area contributed by atoms with Gasteiger partial charge in [-0.3, -0.25) is 14.6 Å². The topological polar surface area (TPSA) is 48.5 Å². The van der Waals surface area contributed by atoms with Crippen LogP contribution < -0.4 is 5.32 Å². The van der Waals surface area contributed by atoms with Crippen LogP contribution in [-0.4, -0.2) is 53.4 Å². The molecule has 0 saturated carbocycles. The first-order valence-corrected chi connectivity index (χ1v) is 11.3. The Morgan fingerprint density at radius 1 is 1.00 bits per heavy atom. The summed E-state index contributed by atoms with van der Waals surface area (Å²) in [6, 6.07) is 20.4. The van der Waals surface area contributed by atoms with E-state index in [1.807, 2.05) is 55.5 Å². The molecule has 1 unspecified atom stereocenters. The number of nitrogens with one attached hydrogen (secondary N) is 1. The van der Waals surface area contributed by atoms with Gasteiger partial charge in [0.15, 0.2) is 0 Å². The summed E-state index contributed by atoms with van der Waals surface area (Å²) < 4.78 is 0. The quantitative estimate of drug-likeness (QED) is 0.632. The number of hydrogen-bond donors (Lipinski definition) is 1. The summed E-state index contributed by atoms with van der Waals surface area (Å²) in [6.07, 6.45) is 0. The van der Waals surface area contributed by atoms with Crippen molar-refractivity contribution in [2.45, 2.75) is 19.5 Å². The van der Waals surface area contributed by atoms with Crippen molar-refractivity contribution in [3.63, 3.8) is 0 Å². The highest BCUT2D eigenvalue weighted by Crippen LogP contribution is 2.24. The Morgan fingerprint density at radius 2 is 1.63 bits per heavy atom. The van der Waals surface area contributed by atoms with Gasteiger partial charge in [-0.1, -0.05) is 60.7 Å². The van der Waals surface area contributed by atoms with Crippen molar-refractivity contribution in [1.82, 2.24) is 20.1 Å². The number of nitrogens with zero attached hydrogens (tertiary/aromatic N) is 3. The van der Waals surface area contributed by atoms with Gasteiger partial charge in [0.2, 0.25) is 5.91 Å². The zero-order valence-corrected chi connectivity index (χ0v) is 18.1. The molecule has 1 N–H and O–H groups in total. The van der Waals surface area contributed by atoms with Crippen molar-refractivity contribution in [2.75, 3.05) is 32.7 Å². The van der Waals surface area contributed by atoms with Crippen LogP contribution in [0.2, 0.25) is 0 Å². The van der Waals surface area contributed by atoms with E-state index in [1.165, 1.54) is 5.56 Å². The first-order chi connectivity index (χ1) is 14.7. The second kappa shape index (κ2) is 9.98. The Morgan fingerprint density at radius 3 is 2.33 bits per heavy atom. The molecule has 1 aliphatic heterocycles. The smallest absolute Gasteiger partial charge is 0.234 e. The number of rotatable bonds is 7. The molecule has 1 fully saturated rings. The second-order valence-corrected chi connectivity index (χ2v) is 8.62. The van der Waals surface area contributed by atoms with E-state index >= 15 is 0 Å². The molecule has 2 heterocycles. The van der Waals surface area contributed by atoms with Crippen LogP contribution in [-0.2, 0) is 11.3 Å². The summed E-state index contributed by atoms with van der Waals surface area (Å²) in [7, 11) is 0. The molecule has 2 aromatic carbocycles. The standard InChI is InChI=1S/C24H28N4OS/c1-19(20-8-4-2-5-9-20)25-23(29)17-28-14-12-27(13-15-28)16-22-18-30-24(26-22)21-10-6-3-7-11-21/h2-11,18-19H,12-17H2,1H3,(H,25,29). The Labute approximate surface area is 182 Å². The van der Waals surface area contributed by atoms with Gasteiger partial charge < -0.3 is 5.32 Å². The van der Waals surface area contributed by atoms with Crippen molar-refractivity contribution < 1.29 is 4.79 Å². The van der Waals surface area contributed by atoms with Gasteiger partial charge in [-0.25, -0.2) is 4.98 Å². The predicted molar refractivity (Wildman–Crippen MR) is 122 cm³/mol. The molecule has 1 aliphatic rings. The predicted octanol–water partition coefficient (Wildman–Crippen LogP) is 3.81. The minimum atomic E-state index is 0.0310. The third kappa shape index (κ3) is 5.53. The van der Waals surface area contributed by atoms with Crippen LogP contribution in [0.25, 0.3) is 10.6 Å². The van der Waals surface area contributed by atoms with Gasteiger partial charge in [-0.15, -0.1) is 11.3 Å². The Bertz CT molecular complexity index is 936. The van der Waals surface area contributed by atoms with Gasteiger partial charge in [0.25, 0.3) is 0 Å². The van der Waals surface area contributed by atoms with E-state index in [0.29, 0.717) is 6.54 Å². The van der Waals surface area contributed by atoms with E-state index in [-0.39, 0.29) is 11.9 Å². The third-order valence-electron chi connectivity index (χ3n) is 5.47. The summed E-state index contributed by atoms with van der Waals surface area (Å²) in [5.74, 6) is 0.0896. The fourth-order valence-electron chi connectivity index (χ4n) is 3.74. The number of carbonyl (C=O) groups is 1. The number of hydrogen-bond acceptors (Lipinski definition) is 5. The summed E-state index contributed by atoms with van der Waals surface area (Å²) in [6.45, 7) is 7.09. The van der Waals surface area contributed by atoms with Crippen LogP contribution in [0.3, 0.4) is 0 Å². The molecule has 3 aromatic rings. The fraction of sp³-hybridized carbons (Fsp3) is 0.333. The molecule has 0 spiro atoms. The van der Waals surface area contributed by atoms with Gasteiger partial charge in [0.1, 0.15) is 5.01 Å². The van der Waals surface area contributed by atoms with Gasteiger partial charge in [-0.2, -0.15) is 0 Å². The van der Waals surface area contributed by atoms with Gasteiger partial charge >= 0.3 is 0 Å². The highest BCUT2D eigenvalue weighted by atomic mass is 32.1. The summed E-state index contributed by atoms with van der Waals surface area (Å²) >= 11 is 1.70. The van der Waals surface area contributed by atoms with Crippen LogP contribution in [0.1, 0.15) is 24.2 Å². The number of aromatic nitrogens is 1. The number of carbonyl (C=O) groups excluding carboxylic acids is 1. The van der Waals surface area contributed by atoms with E-state index in [1.54, 1.807) is 11.3 Å². The molecule has 0 radical (unpaired) electrons. The van der Waals surface area contributed by atoms with Crippen LogP contribution in [0, 0.1) is 0 Å². The molecule has 6 heteroatoms. The third-order valence-corrected chi connectivity index (χ3v) is 6.41. The van der Waals surface area contributed by atoms with Gasteiger partial charge in [0.05, 0.1) is 18.3 Å². The number of piperazine rings is 1. The maximum atomic E-state index is 12.4. The molecule has 5 nitrogen and oxygen atoms in total. The van der Waals surface area contributed by atoms with Gasteiger partial charge in [0, 0.05) is 43.7 Å². The maximum Gasteiger partial charge on any atom is 0.234 e. The first kappa shape index (κ1) is 20.7. The Balaban J connectivity index is 1.21. The van der Waals surface area contributed by atoms with Crippen molar-refractivity contribution in [3.05, 3.63) is 77.3 Å². The molecule has 0 bridgehead atoms. The average Bonchev–Trinajstić information content (AvgIpc) is 3.25. The molecule has 4 rings (SSSR count). The minimum Gasteiger partial charge on any atom is -0.348 e. The van der Waals surface area contributed by atoms with Crippen LogP contribution in [0.4, 0.5) is 0 Å². The summed E-state index contributed by atoms with van der Waals surface area (Å²) in [5.41, 5.74) is 3.44. The molecule has 156 valence electrons. The fourth-order valence-corrected chi connectivity index (χ4v) is 4.56. The largest absolute Gasteiger partial charge is 0.348 e. The molecular weight excluding hydrogens is 392 g/mol. The highest BCUT2D eigenvalue weighted by molar-refractivity contribution is 7.13. The Hall–Kier alpha value is -2.54. The maximum absolute atomic E-state index is 12.4. The van der Waals surface area contributed by atoms with Gasteiger partial charge in [-0.05, 0) is 12.5 Å². The lowest BCUT2D eigenvalue weighted by atomic mass is 10.1. The number of amides is 1. The van der Waals surface area contributed by atoms with E-state index in [0.717, 1.165) is 49.0 Å². The first-order valence-electron chi connectivity index (χ1n) is 10.5.